The van der Waals surface area contributed by atoms with Gasteiger partial charge in [-0.15, -0.1) is 24.8 Å². The van der Waals surface area contributed by atoms with Crippen molar-refractivity contribution in [3.8, 4) is 11.5 Å². The first-order chi connectivity index (χ1) is 9.17. The summed E-state index contributed by atoms with van der Waals surface area (Å²) in [5.41, 5.74) is 1.21. The largest absolute Gasteiger partial charge is 0.493 e. The lowest BCUT2D eigenvalue weighted by molar-refractivity contribution is 0.310. The summed E-state index contributed by atoms with van der Waals surface area (Å²) in [6.45, 7) is 5.61. The molecule has 0 aromatic heterocycles. The van der Waals surface area contributed by atoms with Crippen LogP contribution in [0, 0.1) is 0 Å². The van der Waals surface area contributed by atoms with Crippen molar-refractivity contribution in [1.29, 1.82) is 0 Å². The van der Waals surface area contributed by atoms with E-state index in [1.807, 2.05) is 19.1 Å². The van der Waals surface area contributed by atoms with E-state index in [0.29, 0.717) is 6.61 Å². The maximum Gasteiger partial charge on any atom is 0.161 e. The van der Waals surface area contributed by atoms with E-state index in [1.165, 1.54) is 5.56 Å². The average molecular weight is 339 g/mol. The van der Waals surface area contributed by atoms with E-state index >= 15 is 0 Å². The van der Waals surface area contributed by atoms with Gasteiger partial charge in [-0.25, -0.2) is 0 Å². The summed E-state index contributed by atoms with van der Waals surface area (Å²) < 4.78 is 10.8. The molecule has 0 aliphatic carbocycles. The molecule has 6 heteroatoms. The first kappa shape index (κ1) is 22.6. The van der Waals surface area contributed by atoms with Gasteiger partial charge in [0.05, 0.1) is 13.7 Å². The van der Waals surface area contributed by atoms with Gasteiger partial charge in [0.25, 0.3) is 0 Å². The minimum atomic E-state index is 0. The molecule has 0 fully saturated rings. The highest BCUT2D eigenvalue weighted by Crippen LogP contribution is 2.27. The average Bonchev–Trinajstić information content (AvgIpc) is 2.39. The zero-order chi connectivity index (χ0) is 14.1. The molecule has 0 spiro atoms. The van der Waals surface area contributed by atoms with Crippen LogP contribution in [0.2, 0.25) is 0 Å². The molecule has 0 amide bonds. The van der Waals surface area contributed by atoms with Gasteiger partial charge in [0.1, 0.15) is 0 Å². The maximum absolute atomic E-state index is 5.50. The van der Waals surface area contributed by atoms with E-state index in [1.54, 1.807) is 7.11 Å². The molecule has 1 aromatic rings. The Morgan fingerprint density at radius 1 is 1.14 bits per heavy atom. The molecule has 0 aliphatic heterocycles. The lowest BCUT2D eigenvalue weighted by Crippen LogP contribution is -2.21. The normalized spacial score (nSPS) is 9.76. The van der Waals surface area contributed by atoms with Gasteiger partial charge in [-0.05, 0) is 58.2 Å². The number of methoxy groups -OCH3 is 1. The molecule has 0 atom stereocenters. The third-order valence-corrected chi connectivity index (χ3v) is 2.82. The molecule has 0 saturated carbocycles. The highest BCUT2D eigenvalue weighted by molar-refractivity contribution is 5.85. The summed E-state index contributed by atoms with van der Waals surface area (Å²) >= 11 is 0. The smallest absolute Gasteiger partial charge is 0.161 e. The zero-order valence-electron chi connectivity index (χ0n) is 13.3. The predicted molar refractivity (Wildman–Crippen MR) is 93.5 cm³/mol. The van der Waals surface area contributed by atoms with E-state index < -0.39 is 0 Å². The van der Waals surface area contributed by atoms with Crippen LogP contribution in [0.5, 0.6) is 11.5 Å². The molecule has 1 aromatic carbocycles. The van der Waals surface area contributed by atoms with Gasteiger partial charge in [0, 0.05) is 6.54 Å². The Labute approximate surface area is 141 Å². The molecule has 0 unspecified atom stereocenters. The molecule has 4 nitrogen and oxygen atoms in total. The lowest BCUT2D eigenvalue weighted by atomic mass is 10.2. The molecule has 0 aliphatic rings. The lowest BCUT2D eigenvalue weighted by Gasteiger charge is -2.12. The number of nitrogens with zero attached hydrogens (tertiary/aromatic N) is 1. The van der Waals surface area contributed by atoms with Crippen molar-refractivity contribution < 1.29 is 9.47 Å². The molecule has 21 heavy (non-hydrogen) atoms. The third-order valence-electron chi connectivity index (χ3n) is 2.82. The van der Waals surface area contributed by atoms with Gasteiger partial charge >= 0.3 is 0 Å². The highest BCUT2D eigenvalue weighted by Gasteiger charge is 2.04. The summed E-state index contributed by atoms with van der Waals surface area (Å²) in [5, 5.41) is 3.44. The predicted octanol–water partition coefficient (Wildman–Crippen LogP) is 2.98. The van der Waals surface area contributed by atoms with Crippen molar-refractivity contribution in [2.24, 2.45) is 0 Å². The first-order valence-electron chi connectivity index (χ1n) is 6.82. The molecule has 0 heterocycles. The van der Waals surface area contributed by atoms with Crippen LogP contribution in [0.3, 0.4) is 0 Å². The third kappa shape index (κ3) is 9.04. The topological polar surface area (TPSA) is 33.7 Å². The van der Waals surface area contributed by atoms with Crippen LogP contribution in [0.25, 0.3) is 0 Å². The van der Waals surface area contributed by atoms with Crippen molar-refractivity contribution in [1.82, 2.24) is 10.2 Å². The fourth-order valence-electron chi connectivity index (χ4n) is 1.85. The van der Waals surface area contributed by atoms with Crippen LogP contribution in [0.4, 0.5) is 0 Å². The molecular formula is C15H28Cl2N2O2. The molecule has 124 valence electrons. The van der Waals surface area contributed by atoms with E-state index in [-0.39, 0.29) is 24.8 Å². The van der Waals surface area contributed by atoms with Gasteiger partial charge in [-0.1, -0.05) is 6.07 Å². The van der Waals surface area contributed by atoms with E-state index in [4.69, 9.17) is 9.47 Å². The van der Waals surface area contributed by atoms with Crippen LogP contribution in [-0.2, 0) is 6.54 Å². The highest BCUT2D eigenvalue weighted by atomic mass is 35.5. The van der Waals surface area contributed by atoms with E-state index in [9.17, 15) is 0 Å². The van der Waals surface area contributed by atoms with Gasteiger partial charge in [0.2, 0.25) is 0 Å². The summed E-state index contributed by atoms with van der Waals surface area (Å²) in [6.07, 6.45) is 1.15. The van der Waals surface area contributed by atoms with Crippen molar-refractivity contribution in [2.45, 2.75) is 19.9 Å². The maximum atomic E-state index is 5.50. The second-order valence-electron chi connectivity index (χ2n) is 4.75. The van der Waals surface area contributed by atoms with Gasteiger partial charge in [-0.2, -0.15) is 0 Å². The Hall–Kier alpha value is -0.680. The SMILES string of the molecule is CCOc1ccc(CNCCCN(C)C)cc1OC.Cl.Cl. The van der Waals surface area contributed by atoms with Crippen LogP contribution >= 0.6 is 24.8 Å². The molecule has 1 N–H and O–H groups in total. The summed E-state index contributed by atoms with van der Waals surface area (Å²) in [7, 11) is 5.86. The Morgan fingerprint density at radius 2 is 1.86 bits per heavy atom. The van der Waals surface area contributed by atoms with Crippen molar-refractivity contribution in [2.75, 3.05) is 40.9 Å². The summed E-state index contributed by atoms with van der Waals surface area (Å²) in [4.78, 5) is 2.20. The molecule has 0 radical (unpaired) electrons. The van der Waals surface area contributed by atoms with E-state index in [2.05, 4.69) is 30.4 Å². The Balaban J connectivity index is 0. The fraction of sp³-hybridized carbons (Fsp3) is 0.600. The molecule has 0 bridgehead atoms. The van der Waals surface area contributed by atoms with Crippen LogP contribution < -0.4 is 14.8 Å². The number of nitrogens with one attached hydrogen (secondary N) is 1. The quantitative estimate of drug-likeness (QED) is 0.702. The van der Waals surface area contributed by atoms with Crippen molar-refractivity contribution in [3.05, 3.63) is 23.8 Å². The van der Waals surface area contributed by atoms with Crippen LogP contribution in [0.15, 0.2) is 18.2 Å². The van der Waals surface area contributed by atoms with Crippen LogP contribution in [0.1, 0.15) is 18.9 Å². The van der Waals surface area contributed by atoms with Crippen molar-refractivity contribution in [3.63, 3.8) is 0 Å². The Kier molecular flexibility index (Phi) is 14.0. The number of halogens is 2. The number of rotatable bonds is 9. The number of hydrogen-bond acceptors (Lipinski definition) is 4. The number of hydrogen-bond donors (Lipinski definition) is 1. The summed E-state index contributed by atoms with van der Waals surface area (Å²) in [6, 6.07) is 6.08. The minimum absolute atomic E-state index is 0. The Morgan fingerprint density at radius 3 is 2.43 bits per heavy atom. The standard InChI is InChI=1S/C15H26N2O2.2ClH/c1-5-19-14-8-7-13(11-15(14)18-4)12-16-9-6-10-17(2)3;;/h7-8,11,16H,5-6,9-10,12H2,1-4H3;2*1H. The van der Waals surface area contributed by atoms with Gasteiger partial charge < -0.3 is 19.7 Å². The van der Waals surface area contributed by atoms with E-state index in [0.717, 1.165) is 37.6 Å². The molecule has 0 saturated heterocycles. The zero-order valence-corrected chi connectivity index (χ0v) is 15.0. The monoisotopic (exact) mass is 338 g/mol. The minimum Gasteiger partial charge on any atom is -0.493 e. The fourth-order valence-corrected chi connectivity index (χ4v) is 1.85. The second-order valence-corrected chi connectivity index (χ2v) is 4.75. The van der Waals surface area contributed by atoms with Crippen LogP contribution in [-0.4, -0.2) is 45.8 Å². The molecule has 1 rings (SSSR count). The first-order valence-corrected chi connectivity index (χ1v) is 6.82. The van der Waals surface area contributed by atoms with Gasteiger partial charge in [0.15, 0.2) is 11.5 Å². The van der Waals surface area contributed by atoms with Gasteiger partial charge in [-0.3, -0.25) is 0 Å². The van der Waals surface area contributed by atoms with Crippen molar-refractivity contribution >= 4 is 24.8 Å². The second kappa shape index (κ2) is 13.0. The number of ether oxygens (including phenoxy) is 2. The Bertz CT molecular complexity index is 377. The molecular weight excluding hydrogens is 311 g/mol. The number of benzene rings is 1. The summed E-state index contributed by atoms with van der Waals surface area (Å²) in [5.74, 6) is 1.61.